The lowest BCUT2D eigenvalue weighted by atomic mass is 10.0. The first-order valence-corrected chi connectivity index (χ1v) is 11.3. The van der Waals surface area contributed by atoms with E-state index in [0.29, 0.717) is 5.39 Å². The van der Waals surface area contributed by atoms with Crippen LogP contribution in [0.1, 0.15) is 0 Å². The van der Waals surface area contributed by atoms with E-state index in [1.165, 1.54) is 20.2 Å². The van der Waals surface area contributed by atoms with Crippen molar-refractivity contribution in [3.05, 3.63) is 108 Å². The maximum absolute atomic E-state index is 13.9. The van der Waals surface area contributed by atoms with Crippen molar-refractivity contribution in [2.24, 2.45) is 0 Å². The molecule has 7 rings (SSSR count). The summed E-state index contributed by atoms with van der Waals surface area (Å²) in [6.45, 7) is 0. The van der Waals surface area contributed by atoms with Gasteiger partial charge in [0.1, 0.15) is 0 Å². The number of benzene rings is 4. The molecule has 0 unspecified atom stereocenters. The summed E-state index contributed by atoms with van der Waals surface area (Å²) >= 11 is 1.78. The molecule has 0 bridgehead atoms. The van der Waals surface area contributed by atoms with Crippen LogP contribution in [0, 0.1) is 0 Å². The standard InChI is InChI=1S/C28H16N2OS/c31-28-22-16-29-23-10-4-1-8-19(23)27(22)20-9-2-5-11-24(20)30(28)17-13-14-26-21(15-17)18-7-3-6-12-25(18)32-26/h1-16H. The van der Waals surface area contributed by atoms with E-state index < -0.39 is 0 Å². The number of aromatic nitrogens is 2. The van der Waals surface area contributed by atoms with Gasteiger partial charge in [-0.3, -0.25) is 14.3 Å². The Morgan fingerprint density at radius 2 is 1.38 bits per heavy atom. The molecular formula is C28H16N2OS. The first-order valence-electron chi connectivity index (χ1n) is 10.5. The molecule has 3 heterocycles. The second-order valence-corrected chi connectivity index (χ2v) is 9.08. The molecule has 0 saturated heterocycles. The summed E-state index contributed by atoms with van der Waals surface area (Å²) < 4.78 is 4.31. The minimum atomic E-state index is -0.0455. The first kappa shape index (κ1) is 17.6. The molecule has 3 nitrogen and oxygen atoms in total. The fraction of sp³-hybridized carbons (Fsp3) is 0. The van der Waals surface area contributed by atoms with Gasteiger partial charge in [0.05, 0.1) is 16.4 Å². The molecule has 0 N–H and O–H groups in total. The topological polar surface area (TPSA) is 34.9 Å². The van der Waals surface area contributed by atoms with Crippen molar-refractivity contribution in [1.82, 2.24) is 9.55 Å². The predicted molar refractivity (Wildman–Crippen MR) is 135 cm³/mol. The second kappa shape index (κ2) is 6.49. The van der Waals surface area contributed by atoms with Crippen LogP contribution < -0.4 is 5.56 Å². The molecule has 3 aromatic heterocycles. The van der Waals surface area contributed by atoms with Gasteiger partial charge in [0.2, 0.25) is 0 Å². The van der Waals surface area contributed by atoms with Crippen LogP contribution in [-0.2, 0) is 0 Å². The molecule has 0 atom stereocenters. The monoisotopic (exact) mass is 428 g/mol. The highest BCUT2D eigenvalue weighted by Gasteiger charge is 2.16. The molecule has 150 valence electrons. The lowest BCUT2D eigenvalue weighted by Gasteiger charge is -2.14. The van der Waals surface area contributed by atoms with E-state index in [9.17, 15) is 4.79 Å². The SMILES string of the molecule is O=c1c2cnc3ccccc3c2c2ccccc2n1-c1ccc2sc3ccccc3c2c1. The maximum Gasteiger partial charge on any atom is 0.265 e. The Labute approximate surface area is 186 Å². The van der Waals surface area contributed by atoms with Crippen molar-refractivity contribution >= 4 is 64.1 Å². The predicted octanol–water partition coefficient (Wildman–Crippen LogP) is 7.06. The number of hydrogen-bond acceptors (Lipinski definition) is 3. The fourth-order valence-electron chi connectivity index (χ4n) is 4.81. The summed E-state index contributed by atoms with van der Waals surface area (Å²) in [6.07, 6.45) is 1.72. The molecule has 0 radical (unpaired) electrons. The average molecular weight is 429 g/mol. The zero-order valence-electron chi connectivity index (χ0n) is 16.9. The Balaban J connectivity index is 1.65. The quantitative estimate of drug-likeness (QED) is 0.262. The average Bonchev–Trinajstić information content (AvgIpc) is 3.22. The van der Waals surface area contributed by atoms with Gasteiger partial charge in [-0.25, -0.2) is 0 Å². The van der Waals surface area contributed by atoms with E-state index in [4.69, 9.17) is 0 Å². The summed E-state index contributed by atoms with van der Waals surface area (Å²) in [5.74, 6) is 0. The number of fused-ring (bicyclic) bond motifs is 8. The summed E-state index contributed by atoms with van der Waals surface area (Å²) in [5, 5.41) is 6.06. The third-order valence-corrected chi connectivity index (χ3v) is 7.39. The summed E-state index contributed by atoms with van der Waals surface area (Å²) in [5.41, 5.74) is 2.63. The smallest absolute Gasteiger partial charge is 0.265 e. The van der Waals surface area contributed by atoms with Crippen molar-refractivity contribution in [3.8, 4) is 5.69 Å². The molecule has 0 aliphatic rings. The second-order valence-electron chi connectivity index (χ2n) is 8.00. The van der Waals surface area contributed by atoms with Crippen LogP contribution >= 0.6 is 11.3 Å². The first-order chi connectivity index (χ1) is 15.8. The Bertz CT molecular complexity index is 1910. The number of hydrogen-bond donors (Lipinski definition) is 0. The Kier molecular flexibility index (Phi) is 3.58. The van der Waals surface area contributed by atoms with Crippen LogP contribution in [0.3, 0.4) is 0 Å². The minimum absolute atomic E-state index is 0.0455. The molecular weight excluding hydrogens is 412 g/mol. The Morgan fingerprint density at radius 1 is 0.656 bits per heavy atom. The largest absolute Gasteiger partial charge is 0.276 e. The van der Waals surface area contributed by atoms with E-state index in [1.807, 2.05) is 53.1 Å². The lowest BCUT2D eigenvalue weighted by molar-refractivity contribution is 1.06. The van der Waals surface area contributed by atoms with Gasteiger partial charge in [0.25, 0.3) is 5.56 Å². The maximum atomic E-state index is 13.9. The molecule has 0 aliphatic carbocycles. The number of para-hydroxylation sites is 2. The van der Waals surface area contributed by atoms with Gasteiger partial charge in [-0.1, -0.05) is 54.6 Å². The van der Waals surface area contributed by atoms with Gasteiger partial charge in [0.15, 0.2) is 0 Å². The van der Waals surface area contributed by atoms with Crippen LogP contribution in [0.4, 0.5) is 0 Å². The van der Waals surface area contributed by atoms with Crippen LogP contribution in [-0.4, -0.2) is 9.55 Å². The van der Waals surface area contributed by atoms with Crippen molar-refractivity contribution in [2.45, 2.75) is 0 Å². The zero-order chi connectivity index (χ0) is 21.2. The highest BCUT2D eigenvalue weighted by molar-refractivity contribution is 7.25. The molecule has 0 spiro atoms. The van der Waals surface area contributed by atoms with Gasteiger partial charge in [-0.15, -0.1) is 11.3 Å². The highest BCUT2D eigenvalue weighted by Crippen LogP contribution is 2.36. The van der Waals surface area contributed by atoms with Gasteiger partial charge >= 0.3 is 0 Å². The van der Waals surface area contributed by atoms with E-state index in [1.54, 1.807) is 17.5 Å². The molecule has 0 aliphatic heterocycles. The molecule has 4 aromatic carbocycles. The van der Waals surface area contributed by atoms with Gasteiger partial charge in [-0.05, 0) is 36.4 Å². The number of pyridine rings is 2. The summed E-state index contributed by atoms with van der Waals surface area (Å²) in [4.78, 5) is 18.4. The summed E-state index contributed by atoms with van der Waals surface area (Å²) in [7, 11) is 0. The van der Waals surface area contributed by atoms with Gasteiger partial charge in [0, 0.05) is 48.2 Å². The van der Waals surface area contributed by atoms with Gasteiger partial charge in [-0.2, -0.15) is 0 Å². The minimum Gasteiger partial charge on any atom is -0.276 e. The van der Waals surface area contributed by atoms with E-state index in [-0.39, 0.29) is 5.56 Å². The third kappa shape index (κ3) is 2.35. The van der Waals surface area contributed by atoms with Crippen LogP contribution in [0.5, 0.6) is 0 Å². The highest BCUT2D eigenvalue weighted by atomic mass is 32.1. The number of thiophene rings is 1. The molecule has 32 heavy (non-hydrogen) atoms. The Hall–Kier alpha value is -4.02. The van der Waals surface area contributed by atoms with Crippen molar-refractivity contribution in [3.63, 3.8) is 0 Å². The number of nitrogens with zero attached hydrogens (tertiary/aromatic N) is 2. The molecule has 4 heteroatoms. The van der Waals surface area contributed by atoms with E-state index in [2.05, 4.69) is 47.4 Å². The van der Waals surface area contributed by atoms with Gasteiger partial charge < -0.3 is 0 Å². The van der Waals surface area contributed by atoms with Crippen LogP contribution in [0.25, 0.3) is 58.4 Å². The van der Waals surface area contributed by atoms with Crippen molar-refractivity contribution in [1.29, 1.82) is 0 Å². The Morgan fingerprint density at radius 3 is 2.28 bits per heavy atom. The van der Waals surface area contributed by atoms with Crippen LogP contribution in [0.2, 0.25) is 0 Å². The summed E-state index contributed by atoms with van der Waals surface area (Å²) in [6, 6.07) is 30.9. The molecule has 7 aromatic rings. The molecule has 0 fully saturated rings. The number of rotatable bonds is 1. The van der Waals surface area contributed by atoms with E-state index in [0.717, 1.165) is 32.9 Å². The van der Waals surface area contributed by atoms with E-state index >= 15 is 0 Å². The lowest BCUT2D eigenvalue weighted by Crippen LogP contribution is -2.19. The van der Waals surface area contributed by atoms with Crippen molar-refractivity contribution in [2.75, 3.05) is 0 Å². The van der Waals surface area contributed by atoms with Crippen molar-refractivity contribution < 1.29 is 0 Å². The zero-order valence-corrected chi connectivity index (χ0v) is 17.8. The van der Waals surface area contributed by atoms with Crippen LogP contribution in [0.15, 0.2) is 102 Å². The third-order valence-electron chi connectivity index (χ3n) is 6.24. The molecule has 0 saturated carbocycles. The normalized spacial score (nSPS) is 11.9. The fourth-order valence-corrected chi connectivity index (χ4v) is 5.90. The molecule has 0 amide bonds.